The number of aliphatic hydroxyl groups is 1. The van der Waals surface area contributed by atoms with Gasteiger partial charge in [-0.25, -0.2) is 0 Å². The molecule has 0 aromatic heterocycles. The maximum atomic E-state index is 11.4. The maximum Gasteiger partial charge on any atom is 0.139 e. The number of Topliss-reactive ketones (excluding diaryl/α,β-unsaturated/α-hetero) is 1. The van der Waals surface area contributed by atoms with Crippen LogP contribution in [0.4, 0.5) is 0 Å². The third-order valence-corrected chi connectivity index (χ3v) is 4.45. The van der Waals surface area contributed by atoms with Gasteiger partial charge in [-0.05, 0) is 13.3 Å². The Kier molecular flexibility index (Phi) is 17.7. The summed E-state index contributed by atoms with van der Waals surface area (Å²) in [5.74, 6) is 0.0923. The molecule has 1 N–H and O–H groups in total. The Morgan fingerprint density at radius 3 is 1.43 bits per heavy atom. The normalized spacial score (nSPS) is 12.5. The van der Waals surface area contributed by atoms with Crippen molar-refractivity contribution in [1.82, 2.24) is 0 Å². The smallest absolute Gasteiger partial charge is 0.139 e. The minimum absolute atomic E-state index is 0.0923. The molecule has 2 heteroatoms. The highest BCUT2D eigenvalue weighted by Gasteiger charge is 2.05. The molecule has 0 amide bonds. The van der Waals surface area contributed by atoms with Crippen molar-refractivity contribution in [3.8, 4) is 0 Å². The van der Waals surface area contributed by atoms with Gasteiger partial charge in [-0.2, -0.15) is 0 Å². The molecule has 0 spiro atoms. The summed E-state index contributed by atoms with van der Waals surface area (Å²) in [5, 5.41) is 9.07. The number of carbonyl (C=O) groups excluding carboxylic acids is 1. The van der Waals surface area contributed by atoms with Crippen molar-refractivity contribution in [1.29, 1.82) is 0 Å². The second kappa shape index (κ2) is 18.0. The number of hydrogen-bond acceptors (Lipinski definition) is 2. The SMILES string of the molecule is CCCCCCCCCCCCCCCCCC(=O)[CH]C(C)O. The summed E-state index contributed by atoms with van der Waals surface area (Å²) in [4.78, 5) is 11.4. The van der Waals surface area contributed by atoms with Gasteiger partial charge in [0.2, 0.25) is 0 Å². The first-order valence-electron chi connectivity index (χ1n) is 10.2. The van der Waals surface area contributed by atoms with Crippen LogP contribution >= 0.6 is 0 Å². The average molecular weight is 326 g/mol. The first kappa shape index (κ1) is 22.6. The van der Waals surface area contributed by atoms with E-state index in [4.69, 9.17) is 5.11 Å². The lowest BCUT2D eigenvalue weighted by atomic mass is 10.0. The molecule has 1 atom stereocenters. The van der Waals surface area contributed by atoms with Crippen LogP contribution in [-0.4, -0.2) is 17.0 Å². The molecule has 0 saturated heterocycles. The molecule has 0 heterocycles. The van der Waals surface area contributed by atoms with Crippen molar-refractivity contribution in [2.75, 3.05) is 0 Å². The van der Waals surface area contributed by atoms with Crippen molar-refractivity contribution < 1.29 is 9.90 Å². The van der Waals surface area contributed by atoms with Crippen LogP contribution in [0.3, 0.4) is 0 Å². The fourth-order valence-corrected chi connectivity index (χ4v) is 3.02. The summed E-state index contributed by atoms with van der Waals surface area (Å²) in [6.07, 6.45) is 21.6. The Bertz CT molecular complexity index is 248. The Labute approximate surface area is 145 Å². The summed E-state index contributed by atoms with van der Waals surface area (Å²) in [7, 11) is 0. The van der Waals surface area contributed by atoms with E-state index >= 15 is 0 Å². The van der Waals surface area contributed by atoms with Gasteiger partial charge in [0.15, 0.2) is 0 Å². The van der Waals surface area contributed by atoms with Crippen LogP contribution in [0.15, 0.2) is 0 Å². The van der Waals surface area contributed by atoms with Crippen molar-refractivity contribution >= 4 is 5.78 Å². The summed E-state index contributed by atoms with van der Waals surface area (Å²) in [5.41, 5.74) is 0. The molecule has 23 heavy (non-hydrogen) atoms. The van der Waals surface area contributed by atoms with Gasteiger partial charge in [0.05, 0.1) is 12.5 Å². The molecule has 0 bridgehead atoms. The van der Waals surface area contributed by atoms with Crippen molar-refractivity contribution in [2.24, 2.45) is 0 Å². The van der Waals surface area contributed by atoms with Gasteiger partial charge in [-0.15, -0.1) is 0 Å². The molecule has 1 radical (unpaired) electrons. The molecule has 0 rings (SSSR count). The zero-order valence-electron chi connectivity index (χ0n) is 15.8. The Morgan fingerprint density at radius 2 is 1.09 bits per heavy atom. The Morgan fingerprint density at radius 1 is 0.739 bits per heavy atom. The van der Waals surface area contributed by atoms with Crippen LogP contribution in [0.1, 0.15) is 117 Å². The zero-order valence-corrected chi connectivity index (χ0v) is 15.8. The summed E-state index contributed by atoms with van der Waals surface area (Å²) >= 11 is 0. The number of aliphatic hydroxyl groups excluding tert-OH is 1. The van der Waals surface area contributed by atoms with E-state index in [1.54, 1.807) is 6.92 Å². The van der Waals surface area contributed by atoms with Crippen LogP contribution in [0.2, 0.25) is 0 Å². The van der Waals surface area contributed by atoms with Crippen molar-refractivity contribution in [3.05, 3.63) is 6.42 Å². The second-order valence-electron chi connectivity index (χ2n) is 7.07. The zero-order chi connectivity index (χ0) is 17.2. The van der Waals surface area contributed by atoms with Gasteiger partial charge in [-0.1, -0.05) is 96.8 Å². The van der Waals surface area contributed by atoms with E-state index in [2.05, 4.69) is 6.92 Å². The van der Waals surface area contributed by atoms with Gasteiger partial charge in [0.1, 0.15) is 5.78 Å². The van der Waals surface area contributed by atoms with E-state index in [1.165, 1.54) is 89.9 Å². The third-order valence-electron chi connectivity index (χ3n) is 4.45. The monoisotopic (exact) mass is 325 g/mol. The van der Waals surface area contributed by atoms with Crippen LogP contribution in [0.5, 0.6) is 0 Å². The molecular weight excluding hydrogens is 284 g/mol. The highest BCUT2D eigenvalue weighted by Crippen LogP contribution is 2.13. The van der Waals surface area contributed by atoms with Gasteiger partial charge in [-0.3, -0.25) is 4.79 Å². The highest BCUT2D eigenvalue weighted by molar-refractivity contribution is 5.87. The Hall–Kier alpha value is -0.370. The van der Waals surface area contributed by atoms with E-state index in [1.807, 2.05) is 0 Å². The summed E-state index contributed by atoms with van der Waals surface area (Å²) < 4.78 is 0. The molecule has 0 aromatic rings. The van der Waals surface area contributed by atoms with E-state index in [9.17, 15) is 4.79 Å². The number of hydrogen-bond donors (Lipinski definition) is 1. The first-order valence-corrected chi connectivity index (χ1v) is 10.2. The second-order valence-corrected chi connectivity index (χ2v) is 7.07. The fraction of sp³-hybridized carbons (Fsp3) is 0.905. The van der Waals surface area contributed by atoms with Gasteiger partial charge in [0.25, 0.3) is 0 Å². The average Bonchev–Trinajstić information content (AvgIpc) is 2.50. The minimum Gasteiger partial charge on any atom is -0.393 e. The van der Waals surface area contributed by atoms with Gasteiger partial charge >= 0.3 is 0 Å². The number of unbranched alkanes of at least 4 members (excludes halogenated alkanes) is 14. The molecule has 137 valence electrons. The standard InChI is InChI=1S/C21H41O2/c1-3-4-5-6-7-8-9-10-11-12-13-14-15-16-17-18-21(23)19-20(2)22/h19-20,22H,3-18H2,1-2H3. The van der Waals surface area contributed by atoms with E-state index in [-0.39, 0.29) is 5.78 Å². The molecular formula is C21H41O2. The molecule has 0 aliphatic heterocycles. The van der Waals surface area contributed by atoms with Crippen LogP contribution in [0.25, 0.3) is 0 Å². The van der Waals surface area contributed by atoms with Crippen LogP contribution < -0.4 is 0 Å². The van der Waals surface area contributed by atoms with E-state index in [0.29, 0.717) is 6.42 Å². The largest absolute Gasteiger partial charge is 0.393 e. The first-order chi connectivity index (χ1) is 11.2. The topological polar surface area (TPSA) is 37.3 Å². The lowest BCUT2D eigenvalue weighted by molar-refractivity contribution is -0.116. The van der Waals surface area contributed by atoms with E-state index < -0.39 is 6.10 Å². The molecule has 0 aliphatic carbocycles. The lowest BCUT2D eigenvalue weighted by Gasteiger charge is -2.04. The third kappa shape index (κ3) is 19.6. The molecule has 0 fully saturated rings. The molecule has 0 aliphatic rings. The fourth-order valence-electron chi connectivity index (χ4n) is 3.02. The molecule has 2 nitrogen and oxygen atoms in total. The predicted octanol–water partition coefficient (Wildman–Crippen LogP) is 6.40. The number of carbonyl (C=O) groups is 1. The van der Waals surface area contributed by atoms with Gasteiger partial charge < -0.3 is 5.11 Å². The van der Waals surface area contributed by atoms with E-state index in [0.717, 1.165) is 12.8 Å². The Balaban J connectivity index is 3.06. The molecule has 0 saturated carbocycles. The van der Waals surface area contributed by atoms with Gasteiger partial charge in [0, 0.05) is 6.42 Å². The van der Waals surface area contributed by atoms with Crippen LogP contribution in [-0.2, 0) is 4.79 Å². The minimum atomic E-state index is -0.598. The summed E-state index contributed by atoms with van der Waals surface area (Å²) in [6.45, 7) is 3.90. The lowest BCUT2D eigenvalue weighted by Crippen LogP contribution is -2.10. The summed E-state index contributed by atoms with van der Waals surface area (Å²) in [6, 6.07) is 0. The highest BCUT2D eigenvalue weighted by atomic mass is 16.3. The quantitative estimate of drug-likeness (QED) is 0.296. The number of rotatable bonds is 18. The van der Waals surface area contributed by atoms with Crippen molar-refractivity contribution in [2.45, 2.75) is 123 Å². The predicted molar refractivity (Wildman–Crippen MR) is 101 cm³/mol. The molecule has 1 unspecified atom stereocenters. The maximum absolute atomic E-state index is 11.4. The van der Waals surface area contributed by atoms with Crippen LogP contribution in [0, 0.1) is 6.42 Å². The molecule has 0 aromatic carbocycles. The number of ketones is 1. The van der Waals surface area contributed by atoms with Crippen molar-refractivity contribution in [3.63, 3.8) is 0 Å².